The lowest BCUT2D eigenvalue weighted by Crippen LogP contribution is -2.52. The van der Waals surface area contributed by atoms with E-state index in [0.29, 0.717) is 19.1 Å². The van der Waals surface area contributed by atoms with E-state index >= 15 is 0 Å². The van der Waals surface area contributed by atoms with E-state index in [0.717, 1.165) is 18.7 Å². The zero-order valence-electron chi connectivity index (χ0n) is 15.9. The maximum atomic E-state index is 12.5. The van der Waals surface area contributed by atoms with E-state index in [1.165, 1.54) is 32.1 Å². The third-order valence-electron chi connectivity index (χ3n) is 5.13. The first kappa shape index (κ1) is 22.3. The first-order valence-electron chi connectivity index (χ1n) is 9.51. The number of carboxylic acids is 2. The van der Waals surface area contributed by atoms with Gasteiger partial charge in [0.05, 0.1) is 5.75 Å². The average molecular weight is 413 g/mol. The lowest BCUT2D eigenvalue weighted by Gasteiger charge is -2.40. The standard InChI is InChI=1S/C17H26N2O2S.C2H2O4/c20-22(21,15-16-7-3-1-4-8-16)19-13-11-18(12-14-19)17-9-5-2-6-10-17;3-1(4)2(5)6/h1,3-4,7-8,17H,2,5-6,9-15H2;(H,3,4)(H,5,6). The largest absolute Gasteiger partial charge is 0.473 e. The molecule has 28 heavy (non-hydrogen) atoms. The quantitative estimate of drug-likeness (QED) is 0.722. The van der Waals surface area contributed by atoms with Gasteiger partial charge in [-0.15, -0.1) is 0 Å². The van der Waals surface area contributed by atoms with Gasteiger partial charge in [-0.1, -0.05) is 49.6 Å². The van der Waals surface area contributed by atoms with E-state index in [1.54, 1.807) is 4.31 Å². The van der Waals surface area contributed by atoms with Crippen molar-refractivity contribution in [2.45, 2.75) is 43.9 Å². The molecule has 1 saturated carbocycles. The van der Waals surface area contributed by atoms with Gasteiger partial charge < -0.3 is 10.2 Å². The molecule has 2 N–H and O–H groups in total. The maximum absolute atomic E-state index is 12.5. The van der Waals surface area contributed by atoms with Crippen molar-refractivity contribution in [2.24, 2.45) is 0 Å². The monoisotopic (exact) mass is 412 g/mol. The number of hydrogen-bond donors (Lipinski definition) is 2. The van der Waals surface area contributed by atoms with Crippen LogP contribution in [0.1, 0.15) is 37.7 Å². The first-order chi connectivity index (χ1) is 13.3. The van der Waals surface area contributed by atoms with Gasteiger partial charge in [0.2, 0.25) is 10.0 Å². The van der Waals surface area contributed by atoms with Crippen LogP contribution in [0.25, 0.3) is 0 Å². The van der Waals surface area contributed by atoms with Crippen molar-refractivity contribution in [3.63, 3.8) is 0 Å². The van der Waals surface area contributed by atoms with Crippen LogP contribution in [0.3, 0.4) is 0 Å². The molecule has 9 heteroatoms. The van der Waals surface area contributed by atoms with Gasteiger partial charge >= 0.3 is 11.9 Å². The van der Waals surface area contributed by atoms with Gasteiger partial charge in [-0.3, -0.25) is 4.90 Å². The van der Waals surface area contributed by atoms with Gasteiger partial charge in [-0.2, -0.15) is 4.31 Å². The fraction of sp³-hybridized carbons (Fsp3) is 0.579. The topological polar surface area (TPSA) is 115 Å². The number of rotatable bonds is 4. The summed E-state index contributed by atoms with van der Waals surface area (Å²) in [5.41, 5.74) is 0.872. The van der Waals surface area contributed by atoms with Crippen LogP contribution in [0.4, 0.5) is 0 Å². The summed E-state index contributed by atoms with van der Waals surface area (Å²) in [7, 11) is -3.18. The first-order valence-corrected chi connectivity index (χ1v) is 11.1. The summed E-state index contributed by atoms with van der Waals surface area (Å²) in [6, 6.07) is 10.2. The van der Waals surface area contributed by atoms with E-state index < -0.39 is 22.0 Å². The number of carbonyl (C=O) groups is 2. The third-order valence-corrected chi connectivity index (χ3v) is 6.98. The summed E-state index contributed by atoms with van der Waals surface area (Å²) in [6.07, 6.45) is 6.60. The fourth-order valence-electron chi connectivity index (χ4n) is 3.67. The molecule has 1 aromatic carbocycles. The van der Waals surface area contributed by atoms with Gasteiger partial charge in [-0.05, 0) is 18.4 Å². The maximum Gasteiger partial charge on any atom is 0.414 e. The minimum atomic E-state index is -3.18. The summed E-state index contributed by atoms with van der Waals surface area (Å²) in [4.78, 5) is 20.7. The summed E-state index contributed by atoms with van der Waals surface area (Å²) in [5, 5.41) is 14.8. The van der Waals surface area contributed by atoms with Crippen molar-refractivity contribution in [3.8, 4) is 0 Å². The second kappa shape index (κ2) is 10.5. The minimum absolute atomic E-state index is 0.122. The fourth-order valence-corrected chi connectivity index (χ4v) is 5.19. The molecule has 1 aromatic rings. The van der Waals surface area contributed by atoms with Gasteiger partial charge in [-0.25, -0.2) is 18.0 Å². The summed E-state index contributed by atoms with van der Waals surface area (Å²) in [5.74, 6) is -3.53. The second-order valence-electron chi connectivity index (χ2n) is 7.08. The van der Waals surface area contributed by atoms with Crippen LogP contribution in [-0.2, 0) is 25.4 Å². The van der Waals surface area contributed by atoms with Crippen molar-refractivity contribution in [1.82, 2.24) is 9.21 Å². The van der Waals surface area contributed by atoms with Crippen molar-refractivity contribution in [1.29, 1.82) is 0 Å². The van der Waals surface area contributed by atoms with E-state index in [-0.39, 0.29) is 5.75 Å². The van der Waals surface area contributed by atoms with Crippen LogP contribution in [0.15, 0.2) is 30.3 Å². The zero-order valence-corrected chi connectivity index (χ0v) is 16.7. The highest BCUT2D eigenvalue weighted by Gasteiger charge is 2.30. The summed E-state index contributed by atoms with van der Waals surface area (Å²) < 4.78 is 26.8. The molecule has 0 unspecified atom stereocenters. The van der Waals surface area contributed by atoms with Gasteiger partial charge in [0.25, 0.3) is 0 Å². The van der Waals surface area contributed by atoms with Crippen molar-refractivity contribution >= 4 is 22.0 Å². The predicted molar refractivity (Wildman–Crippen MR) is 104 cm³/mol. The second-order valence-corrected chi connectivity index (χ2v) is 9.05. The van der Waals surface area contributed by atoms with Crippen LogP contribution < -0.4 is 0 Å². The molecule has 0 amide bonds. The van der Waals surface area contributed by atoms with E-state index in [9.17, 15) is 8.42 Å². The Bertz CT molecular complexity index is 727. The number of aliphatic carboxylic acids is 2. The molecule has 0 atom stereocenters. The van der Waals surface area contributed by atoms with Crippen LogP contribution in [0.5, 0.6) is 0 Å². The number of hydrogen-bond acceptors (Lipinski definition) is 5. The predicted octanol–water partition coefficient (Wildman–Crippen LogP) is 1.62. The van der Waals surface area contributed by atoms with E-state index in [4.69, 9.17) is 19.8 Å². The van der Waals surface area contributed by atoms with Crippen molar-refractivity contribution in [2.75, 3.05) is 26.2 Å². The highest BCUT2D eigenvalue weighted by atomic mass is 32.2. The van der Waals surface area contributed by atoms with Crippen LogP contribution >= 0.6 is 0 Å². The molecule has 0 radical (unpaired) electrons. The number of piperazine rings is 1. The van der Waals surface area contributed by atoms with Crippen LogP contribution in [0, 0.1) is 0 Å². The molecule has 1 heterocycles. The average Bonchev–Trinajstić information content (AvgIpc) is 2.69. The molecule has 0 spiro atoms. The molecule has 1 saturated heterocycles. The number of sulfonamides is 1. The Morgan fingerprint density at radius 1 is 0.893 bits per heavy atom. The smallest absolute Gasteiger partial charge is 0.414 e. The Morgan fingerprint density at radius 2 is 1.43 bits per heavy atom. The van der Waals surface area contributed by atoms with Gasteiger partial charge in [0.1, 0.15) is 0 Å². The molecular weight excluding hydrogens is 384 g/mol. The Labute approximate surface area is 165 Å². The van der Waals surface area contributed by atoms with E-state index in [2.05, 4.69) is 4.90 Å². The Hall–Kier alpha value is -1.97. The molecule has 2 aliphatic rings. The normalized spacial score (nSPS) is 19.4. The Kier molecular flexibility index (Phi) is 8.40. The number of carboxylic acid groups (broad SMARTS) is 2. The number of nitrogens with zero attached hydrogens (tertiary/aromatic N) is 2. The SMILES string of the molecule is O=C(O)C(=O)O.O=S(=O)(Cc1ccccc1)N1CCN(C2CCCCC2)CC1. The minimum Gasteiger partial charge on any atom is -0.473 e. The number of benzene rings is 1. The molecule has 0 bridgehead atoms. The summed E-state index contributed by atoms with van der Waals surface area (Å²) >= 11 is 0. The van der Waals surface area contributed by atoms with Crippen LogP contribution in [0.2, 0.25) is 0 Å². The molecule has 156 valence electrons. The van der Waals surface area contributed by atoms with Crippen LogP contribution in [-0.4, -0.2) is 72.0 Å². The van der Waals surface area contributed by atoms with Crippen molar-refractivity contribution < 1.29 is 28.2 Å². The van der Waals surface area contributed by atoms with Gasteiger partial charge in [0, 0.05) is 32.2 Å². The molecule has 8 nitrogen and oxygen atoms in total. The Morgan fingerprint density at radius 3 is 1.93 bits per heavy atom. The molecular formula is C19H28N2O6S. The third kappa shape index (κ3) is 6.88. The van der Waals surface area contributed by atoms with Crippen molar-refractivity contribution in [3.05, 3.63) is 35.9 Å². The van der Waals surface area contributed by atoms with E-state index in [1.807, 2.05) is 30.3 Å². The zero-order chi connectivity index (χ0) is 20.6. The lowest BCUT2D eigenvalue weighted by atomic mass is 9.94. The summed E-state index contributed by atoms with van der Waals surface area (Å²) in [6.45, 7) is 3.06. The molecule has 1 aliphatic carbocycles. The lowest BCUT2D eigenvalue weighted by molar-refractivity contribution is -0.159. The highest BCUT2D eigenvalue weighted by molar-refractivity contribution is 7.88. The molecule has 2 fully saturated rings. The highest BCUT2D eigenvalue weighted by Crippen LogP contribution is 2.24. The Balaban J connectivity index is 0.000000409. The molecule has 1 aliphatic heterocycles. The molecule has 0 aromatic heterocycles. The molecule has 3 rings (SSSR count). The van der Waals surface area contributed by atoms with Gasteiger partial charge in [0.15, 0.2) is 0 Å².